The number of hydrogen-bond donors (Lipinski definition) is 2. The Bertz CT molecular complexity index is 573. The minimum absolute atomic E-state index is 0.124. The van der Waals surface area contributed by atoms with E-state index in [0.29, 0.717) is 41.2 Å². The van der Waals surface area contributed by atoms with Crippen molar-refractivity contribution in [3.8, 4) is 0 Å². The number of hydrogen-bond acceptors (Lipinski definition) is 4. The van der Waals surface area contributed by atoms with Crippen LogP contribution in [0.25, 0.3) is 0 Å². The summed E-state index contributed by atoms with van der Waals surface area (Å²) in [5.74, 6) is 4.70. The van der Waals surface area contributed by atoms with Crippen molar-refractivity contribution in [1.82, 2.24) is 0 Å². The molecule has 0 spiro atoms. The molecule has 4 nitrogen and oxygen atoms in total. The topological polar surface area (TPSA) is 74.6 Å². The molecule has 4 aliphatic carbocycles. The summed E-state index contributed by atoms with van der Waals surface area (Å²) in [6.07, 6.45) is 14.0. The largest absolute Gasteiger partial charge is 0.393 e. The van der Waals surface area contributed by atoms with Crippen LogP contribution in [0.5, 0.6) is 0 Å². The first-order chi connectivity index (χ1) is 14.4. The maximum atomic E-state index is 11.8. The van der Waals surface area contributed by atoms with Crippen molar-refractivity contribution in [2.45, 2.75) is 116 Å². The molecule has 0 amide bonds. The molecule has 0 bridgehead atoms. The molecule has 0 radical (unpaired) electrons. The van der Waals surface area contributed by atoms with Crippen LogP contribution in [0, 0.1) is 35.5 Å². The predicted octanol–water partition coefficient (Wildman–Crippen LogP) is 5.09. The SMILES string of the molecule is CCC(O)CCC1C(=O)CC2CCCC21.CCC(O)CCC1CCC2CC(=O)CC12. The molecule has 0 aromatic rings. The number of carbonyl (C=O) groups excluding carboxylic acids is 2. The first-order valence-corrected chi connectivity index (χ1v) is 12.8. The Morgan fingerprint density at radius 3 is 2.17 bits per heavy atom. The third-order valence-electron chi connectivity index (χ3n) is 8.81. The molecule has 30 heavy (non-hydrogen) atoms. The Morgan fingerprint density at radius 1 is 0.800 bits per heavy atom. The van der Waals surface area contributed by atoms with Crippen LogP contribution in [0.1, 0.15) is 104 Å². The molecule has 8 atom stereocenters. The van der Waals surface area contributed by atoms with Gasteiger partial charge in [0.1, 0.15) is 11.6 Å². The van der Waals surface area contributed by atoms with E-state index in [1.54, 1.807) is 0 Å². The highest BCUT2D eigenvalue weighted by molar-refractivity contribution is 5.84. The standard InChI is InChI=1S/2C13H22O2/c1-2-11(14)6-5-9-3-4-10-7-12(15)8-13(9)10;1-2-10(14)6-7-12-11-5-3-4-9(11)8-13(12)15/h9-11,13-14H,2-8H2,1H3;9-12,14H,2-8H2,1H3. The van der Waals surface area contributed by atoms with Crippen molar-refractivity contribution in [3.05, 3.63) is 0 Å². The molecular formula is C26H44O4. The minimum Gasteiger partial charge on any atom is -0.393 e. The van der Waals surface area contributed by atoms with Gasteiger partial charge in [0.25, 0.3) is 0 Å². The van der Waals surface area contributed by atoms with Gasteiger partial charge in [0.05, 0.1) is 12.2 Å². The lowest BCUT2D eigenvalue weighted by atomic mass is 9.87. The molecule has 0 aromatic heterocycles. The zero-order chi connectivity index (χ0) is 21.7. The van der Waals surface area contributed by atoms with Gasteiger partial charge in [-0.2, -0.15) is 0 Å². The summed E-state index contributed by atoms with van der Waals surface area (Å²) in [5.41, 5.74) is 0. The Kier molecular flexibility index (Phi) is 8.94. The second kappa shape index (κ2) is 11.2. The maximum Gasteiger partial charge on any atom is 0.136 e. The molecule has 4 aliphatic rings. The lowest BCUT2D eigenvalue weighted by molar-refractivity contribution is -0.121. The van der Waals surface area contributed by atoms with Crippen molar-refractivity contribution in [3.63, 3.8) is 0 Å². The van der Waals surface area contributed by atoms with E-state index in [4.69, 9.17) is 0 Å². The molecule has 4 heteroatoms. The number of rotatable bonds is 8. The molecule has 4 saturated carbocycles. The zero-order valence-electron chi connectivity index (χ0n) is 19.2. The van der Waals surface area contributed by atoms with Crippen LogP contribution in [0.3, 0.4) is 0 Å². The van der Waals surface area contributed by atoms with Gasteiger partial charge in [0.15, 0.2) is 0 Å². The average molecular weight is 421 g/mol. The van der Waals surface area contributed by atoms with Crippen LogP contribution in [0.4, 0.5) is 0 Å². The van der Waals surface area contributed by atoms with Crippen LogP contribution in [0.2, 0.25) is 0 Å². The Labute approximate surface area is 183 Å². The molecule has 0 saturated heterocycles. The third-order valence-corrected chi connectivity index (χ3v) is 8.81. The normalized spacial score (nSPS) is 36.9. The molecule has 4 fully saturated rings. The first kappa shape index (κ1) is 23.9. The Morgan fingerprint density at radius 2 is 1.47 bits per heavy atom. The van der Waals surface area contributed by atoms with Gasteiger partial charge in [-0.1, -0.05) is 20.3 Å². The van der Waals surface area contributed by atoms with E-state index in [9.17, 15) is 19.8 Å². The molecule has 0 aromatic carbocycles. The fourth-order valence-corrected chi connectivity index (χ4v) is 6.88. The Hall–Kier alpha value is -0.740. The maximum absolute atomic E-state index is 11.8. The van der Waals surface area contributed by atoms with E-state index in [-0.39, 0.29) is 12.2 Å². The highest BCUT2D eigenvalue weighted by Gasteiger charge is 2.44. The van der Waals surface area contributed by atoms with Crippen LogP contribution < -0.4 is 0 Å². The number of aliphatic hydroxyl groups excluding tert-OH is 2. The predicted molar refractivity (Wildman–Crippen MR) is 119 cm³/mol. The summed E-state index contributed by atoms with van der Waals surface area (Å²) in [4.78, 5) is 23.2. The van der Waals surface area contributed by atoms with E-state index in [0.717, 1.165) is 63.7 Å². The fraction of sp³-hybridized carbons (Fsp3) is 0.923. The highest BCUT2D eigenvalue weighted by atomic mass is 16.3. The molecule has 8 unspecified atom stereocenters. The van der Waals surface area contributed by atoms with Crippen LogP contribution in [-0.2, 0) is 9.59 Å². The van der Waals surface area contributed by atoms with Gasteiger partial charge in [-0.15, -0.1) is 0 Å². The molecule has 2 N–H and O–H groups in total. The quantitative estimate of drug-likeness (QED) is 0.574. The monoisotopic (exact) mass is 420 g/mol. The lowest BCUT2D eigenvalue weighted by Gasteiger charge is -2.18. The van der Waals surface area contributed by atoms with Gasteiger partial charge in [0.2, 0.25) is 0 Å². The van der Waals surface area contributed by atoms with Crippen molar-refractivity contribution >= 4 is 11.6 Å². The average Bonchev–Trinajstić information content (AvgIpc) is 3.47. The second-order valence-corrected chi connectivity index (χ2v) is 10.6. The summed E-state index contributed by atoms with van der Waals surface area (Å²) in [7, 11) is 0. The fourth-order valence-electron chi connectivity index (χ4n) is 6.88. The van der Waals surface area contributed by atoms with Crippen molar-refractivity contribution in [1.29, 1.82) is 0 Å². The molecule has 172 valence electrons. The summed E-state index contributed by atoms with van der Waals surface area (Å²) >= 11 is 0. The summed E-state index contributed by atoms with van der Waals surface area (Å²) < 4.78 is 0. The van der Waals surface area contributed by atoms with Gasteiger partial charge in [-0.25, -0.2) is 0 Å². The number of carbonyl (C=O) groups is 2. The van der Waals surface area contributed by atoms with Crippen LogP contribution in [0.15, 0.2) is 0 Å². The highest BCUT2D eigenvalue weighted by Crippen LogP contribution is 2.48. The summed E-state index contributed by atoms with van der Waals surface area (Å²) in [6.45, 7) is 4.03. The van der Waals surface area contributed by atoms with Crippen molar-refractivity contribution in [2.75, 3.05) is 0 Å². The van der Waals surface area contributed by atoms with Crippen LogP contribution in [-0.4, -0.2) is 34.0 Å². The van der Waals surface area contributed by atoms with E-state index >= 15 is 0 Å². The lowest BCUT2D eigenvalue weighted by Crippen LogP contribution is -2.17. The van der Waals surface area contributed by atoms with Gasteiger partial charge >= 0.3 is 0 Å². The molecule has 0 aliphatic heterocycles. The van der Waals surface area contributed by atoms with Gasteiger partial charge in [-0.05, 0) is 93.8 Å². The van der Waals surface area contributed by atoms with Crippen molar-refractivity contribution in [2.24, 2.45) is 35.5 Å². The second-order valence-electron chi connectivity index (χ2n) is 10.6. The molecular weight excluding hydrogens is 376 g/mol. The summed E-state index contributed by atoms with van der Waals surface area (Å²) in [5, 5.41) is 19.1. The number of aliphatic hydroxyl groups is 2. The van der Waals surface area contributed by atoms with E-state index in [1.807, 2.05) is 13.8 Å². The number of Topliss-reactive ketones (excluding diaryl/α,β-unsaturated/α-hetero) is 2. The molecule has 0 heterocycles. The van der Waals surface area contributed by atoms with Gasteiger partial charge < -0.3 is 10.2 Å². The van der Waals surface area contributed by atoms with Gasteiger partial charge in [-0.3, -0.25) is 9.59 Å². The molecule has 4 rings (SSSR count). The Balaban J connectivity index is 0.000000171. The first-order valence-electron chi connectivity index (χ1n) is 12.8. The number of ketones is 2. The minimum atomic E-state index is -0.196. The van der Waals surface area contributed by atoms with Crippen molar-refractivity contribution < 1.29 is 19.8 Å². The van der Waals surface area contributed by atoms with E-state index in [2.05, 4.69) is 0 Å². The smallest absolute Gasteiger partial charge is 0.136 e. The van der Waals surface area contributed by atoms with E-state index in [1.165, 1.54) is 32.1 Å². The van der Waals surface area contributed by atoms with E-state index < -0.39 is 0 Å². The number of fused-ring (bicyclic) bond motifs is 2. The zero-order valence-corrected chi connectivity index (χ0v) is 19.2. The third kappa shape index (κ3) is 5.94. The van der Waals surface area contributed by atoms with Crippen LogP contribution >= 0.6 is 0 Å². The van der Waals surface area contributed by atoms with Gasteiger partial charge in [0, 0.05) is 25.2 Å². The summed E-state index contributed by atoms with van der Waals surface area (Å²) in [6, 6.07) is 0.